The fourth-order valence-corrected chi connectivity index (χ4v) is 2.64. The number of hydrogen-bond donors (Lipinski definition) is 2. The van der Waals surface area contributed by atoms with Crippen LogP contribution in [0.15, 0.2) is 48.5 Å². The van der Waals surface area contributed by atoms with Crippen molar-refractivity contribution >= 4 is 40.0 Å². The number of carbonyl (C=O) groups excluding carboxylic acids is 1. The molecule has 0 bridgehead atoms. The molecular formula is C17H14Cl2N2O. The molecule has 0 saturated carbocycles. The van der Waals surface area contributed by atoms with Crippen LogP contribution >= 0.6 is 23.2 Å². The fraction of sp³-hybridized carbons (Fsp3) is 0.118. The van der Waals surface area contributed by atoms with Gasteiger partial charge in [-0.3, -0.25) is 4.79 Å². The molecule has 0 fully saturated rings. The molecule has 3 nitrogen and oxygen atoms in total. The van der Waals surface area contributed by atoms with Gasteiger partial charge in [0.05, 0.1) is 6.04 Å². The van der Waals surface area contributed by atoms with Gasteiger partial charge in [-0.05, 0) is 48.9 Å². The molecule has 1 amide bonds. The molecule has 1 aromatic heterocycles. The number of H-pyrrole nitrogens is 1. The molecule has 1 heterocycles. The molecule has 0 saturated heterocycles. The molecular weight excluding hydrogens is 319 g/mol. The number of rotatable bonds is 3. The summed E-state index contributed by atoms with van der Waals surface area (Å²) in [6, 6.07) is 14.6. The maximum Gasteiger partial charge on any atom is 0.268 e. The topological polar surface area (TPSA) is 44.9 Å². The third-order valence-electron chi connectivity index (χ3n) is 3.55. The van der Waals surface area contributed by atoms with Crippen molar-refractivity contribution < 1.29 is 4.79 Å². The van der Waals surface area contributed by atoms with Crippen molar-refractivity contribution in [1.82, 2.24) is 10.3 Å². The summed E-state index contributed by atoms with van der Waals surface area (Å²) in [4.78, 5) is 15.4. The number of hydrogen-bond acceptors (Lipinski definition) is 1. The highest BCUT2D eigenvalue weighted by molar-refractivity contribution is 6.31. The van der Waals surface area contributed by atoms with E-state index in [1.165, 1.54) is 0 Å². The van der Waals surface area contributed by atoms with Crippen LogP contribution in [-0.2, 0) is 0 Å². The molecule has 22 heavy (non-hydrogen) atoms. The minimum atomic E-state index is -0.158. The molecule has 3 aromatic rings. The van der Waals surface area contributed by atoms with Crippen molar-refractivity contribution in [3.63, 3.8) is 0 Å². The van der Waals surface area contributed by atoms with Gasteiger partial charge in [0.2, 0.25) is 0 Å². The first-order chi connectivity index (χ1) is 10.5. The van der Waals surface area contributed by atoms with Gasteiger partial charge < -0.3 is 10.3 Å². The van der Waals surface area contributed by atoms with Crippen LogP contribution in [0, 0.1) is 0 Å². The zero-order chi connectivity index (χ0) is 15.7. The Morgan fingerprint density at radius 3 is 2.45 bits per heavy atom. The lowest BCUT2D eigenvalue weighted by atomic mass is 10.1. The molecule has 3 rings (SSSR count). The van der Waals surface area contributed by atoms with E-state index in [9.17, 15) is 4.79 Å². The number of nitrogens with one attached hydrogen (secondary N) is 2. The molecule has 0 radical (unpaired) electrons. The van der Waals surface area contributed by atoms with E-state index in [2.05, 4.69) is 10.3 Å². The average molecular weight is 333 g/mol. The Hall–Kier alpha value is -1.97. The molecule has 5 heteroatoms. The number of aromatic nitrogens is 1. The minimum absolute atomic E-state index is 0.111. The Kier molecular flexibility index (Phi) is 4.10. The fourth-order valence-electron chi connectivity index (χ4n) is 2.34. The van der Waals surface area contributed by atoms with E-state index >= 15 is 0 Å². The molecule has 0 spiro atoms. The first-order valence-electron chi connectivity index (χ1n) is 6.87. The largest absolute Gasteiger partial charge is 0.351 e. The van der Waals surface area contributed by atoms with Crippen LogP contribution in [0.5, 0.6) is 0 Å². The van der Waals surface area contributed by atoms with E-state index < -0.39 is 0 Å². The van der Waals surface area contributed by atoms with Gasteiger partial charge in [-0.25, -0.2) is 0 Å². The summed E-state index contributed by atoms with van der Waals surface area (Å²) in [5, 5.41) is 5.20. The zero-order valence-corrected chi connectivity index (χ0v) is 13.4. The predicted molar refractivity (Wildman–Crippen MR) is 90.6 cm³/mol. The molecule has 0 aliphatic rings. The summed E-state index contributed by atoms with van der Waals surface area (Å²) in [5.41, 5.74) is 2.39. The normalized spacial score (nSPS) is 12.3. The van der Waals surface area contributed by atoms with E-state index in [1.807, 2.05) is 43.3 Å². The van der Waals surface area contributed by atoms with Crippen LogP contribution in [0.4, 0.5) is 0 Å². The third kappa shape index (κ3) is 3.11. The number of fused-ring (bicyclic) bond motifs is 1. The maximum atomic E-state index is 12.3. The number of benzene rings is 2. The first kappa shape index (κ1) is 14.9. The van der Waals surface area contributed by atoms with E-state index in [-0.39, 0.29) is 11.9 Å². The average Bonchev–Trinajstić information content (AvgIpc) is 2.91. The van der Waals surface area contributed by atoms with E-state index in [4.69, 9.17) is 23.2 Å². The van der Waals surface area contributed by atoms with Crippen LogP contribution in [0.25, 0.3) is 10.9 Å². The molecule has 2 N–H and O–H groups in total. The highest BCUT2D eigenvalue weighted by Crippen LogP contribution is 2.21. The van der Waals surface area contributed by atoms with E-state index in [0.29, 0.717) is 15.7 Å². The smallest absolute Gasteiger partial charge is 0.268 e. The Labute approximate surface area is 138 Å². The molecule has 112 valence electrons. The number of carbonyl (C=O) groups is 1. The third-order valence-corrected chi connectivity index (χ3v) is 4.03. The molecule has 0 aliphatic heterocycles. The van der Waals surface area contributed by atoms with Gasteiger partial charge in [0.15, 0.2) is 0 Å². The van der Waals surface area contributed by atoms with Gasteiger partial charge in [-0.1, -0.05) is 35.3 Å². The quantitative estimate of drug-likeness (QED) is 0.699. The molecule has 1 unspecified atom stereocenters. The second-order valence-electron chi connectivity index (χ2n) is 5.16. The van der Waals surface area contributed by atoms with Crippen LogP contribution in [0.3, 0.4) is 0 Å². The zero-order valence-electron chi connectivity index (χ0n) is 11.9. The van der Waals surface area contributed by atoms with Crippen molar-refractivity contribution in [3.05, 3.63) is 69.8 Å². The lowest BCUT2D eigenvalue weighted by Crippen LogP contribution is -2.26. The Morgan fingerprint density at radius 1 is 1.05 bits per heavy atom. The Morgan fingerprint density at radius 2 is 1.73 bits per heavy atom. The van der Waals surface area contributed by atoms with Gasteiger partial charge in [0.25, 0.3) is 5.91 Å². The Balaban J connectivity index is 1.79. The number of aromatic amines is 1. The lowest BCUT2D eigenvalue weighted by Gasteiger charge is -2.13. The van der Waals surface area contributed by atoms with Crippen molar-refractivity contribution in [1.29, 1.82) is 0 Å². The minimum Gasteiger partial charge on any atom is -0.351 e. The van der Waals surface area contributed by atoms with Gasteiger partial charge in [0.1, 0.15) is 5.69 Å². The first-order valence-corrected chi connectivity index (χ1v) is 7.63. The summed E-state index contributed by atoms with van der Waals surface area (Å²) >= 11 is 11.8. The highest BCUT2D eigenvalue weighted by atomic mass is 35.5. The number of halogens is 2. The predicted octanol–water partition coefficient (Wildman–Crippen LogP) is 4.97. The lowest BCUT2D eigenvalue weighted by molar-refractivity contribution is 0.0935. The van der Waals surface area contributed by atoms with Crippen LogP contribution < -0.4 is 5.32 Å². The monoisotopic (exact) mass is 332 g/mol. The summed E-state index contributed by atoms with van der Waals surface area (Å²) in [7, 11) is 0. The molecule has 0 aliphatic carbocycles. The van der Waals surface area contributed by atoms with E-state index in [0.717, 1.165) is 16.5 Å². The van der Waals surface area contributed by atoms with E-state index in [1.54, 1.807) is 12.1 Å². The van der Waals surface area contributed by atoms with Gasteiger partial charge in [0, 0.05) is 20.9 Å². The highest BCUT2D eigenvalue weighted by Gasteiger charge is 2.13. The SMILES string of the molecule is CC(NC(=O)c1cc2cc(Cl)ccc2[nH]1)c1ccc(Cl)cc1. The summed E-state index contributed by atoms with van der Waals surface area (Å²) < 4.78 is 0. The van der Waals surface area contributed by atoms with Crippen molar-refractivity contribution in [2.24, 2.45) is 0 Å². The van der Waals surface area contributed by atoms with Crippen LogP contribution in [-0.4, -0.2) is 10.9 Å². The maximum absolute atomic E-state index is 12.3. The molecule has 2 aromatic carbocycles. The van der Waals surface area contributed by atoms with Gasteiger partial charge in [-0.2, -0.15) is 0 Å². The van der Waals surface area contributed by atoms with Crippen molar-refractivity contribution in [3.8, 4) is 0 Å². The number of amides is 1. The van der Waals surface area contributed by atoms with Crippen LogP contribution in [0.2, 0.25) is 10.0 Å². The van der Waals surface area contributed by atoms with Gasteiger partial charge >= 0.3 is 0 Å². The second-order valence-corrected chi connectivity index (χ2v) is 6.03. The molecule has 1 atom stereocenters. The summed E-state index contributed by atoms with van der Waals surface area (Å²) in [5.74, 6) is -0.158. The second kappa shape index (κ2) is 6.03. The van der Waals surface area contributed by atoms with Crippen molar-refractivity contribution in [2.45, 2.75) is 13.0 Å². The standard InChI is InChI=1S/C17H14Cl2N2O/c1-10(11-2-4-13(18)5-3-11)20-17(22)16-9-12-8-14(19)6-7-15(12)21-16/h2-10,21H,1H3,(H,20,22). The van der Waals surface area contributed by atoms with Crippen molar-refractivity contribution in [2.75, 3.05) is 0 Å². The van der Waals surface area contributed by atoms with Crippen LogP contribution in [0.1, 0.15) is 29.0 Å². The summed E-state index contributed by atoms with van der Waals surface area (Å²) in [6.07, 6.45) is 0. The van der Waals surface area contributed by atoms with Gasteiger partial charge in [-0.15, -0.1) is 0 Å². The Bertz CT molecular complexity index is 824. The summed E-state index contributed by atoms with van der Waals surface area (Å²) in [6.45, 7) is 1.93.